The summed E-state index contributed by atoms with van der Waals surface area (Å²) in [6, 6.07) is 0. The zero-order chi connectivity index (χ0) is 13.5. The quantitative estimate of drug-likeness (QED) is 0.493. The van der Waals surface area contributed by atoms with Crippen molar-refractivity contribution >= 4 is 5.82 Å². The summed E-state index contributed by atoms with van der Waals surface area (Å²) in [4.78, 5) is 9.78. The highest BCUT2D eigenvalue weighted by atomic mass is 15.3. The number of nitrogens with two attached hydrogens (primary N) is 1. The van der Waals surface area contributed by atoms with Gasteiger partial charge < -0.3 is 5.43 Å². The van der Waals surface area contributed by atoms with Crippen LogP contribution in [0.1, 0.15) is 67.9 Å². The number of nitrogens with one attached hydrogen (secondary N) is 1. The standard InChI is InChI=1S/C16H24N4/c17-20-16-12-4-2-1-3-5-14(12)18-15(19-16)13-9-10-6-7-11(13)8-10/h10-11,13H,1-9,17H2,(H,18,19,20). The molecular weight excluding hydrogens is 248 g/mol. The fraction of sp³-hybridized carbons (Fsp3) is 0.750. The van der Waals surface area contributed by atoms with E-state index < -0.39 is 0 Å². The minimum absolute atomic E-state index is 0.592. The Balaban J connectivity index is 1.72. The monoisotopic (exact) mass is 272 g/mol. The molecule has 4 nitrogen and oxygen atoms in total. The number of hydrogen-bond donors (Lipinski definition) is 2. The van der Waals surface area contributed by atoms with Gasteiger partial charge in [-0.25, -0.2) is 15.8 Å². The Morgan fingerprint density at radius 2 is 1.90 bits per heavy atom. The molecule has 1 aromatic heterocycles. The average molecular weight is 272 g/mol. The second-order valence-corrected chi connectivity index (χ2v) is 6.84. The summed E-state index contributed by atoms with van der Waals surface area (Å²) < 4.78 is 0. The minimum Gasteiger partial charge on any atom is -0.308 e. The van der Waals surface area contributed by atoms with Crippen molar-refractivity contribution in [2.75, 3.05) is 5.43 Å². The summed E-state index contributed by atoms with van der Waals surface area (Å²) in [7, 11) is 0. The number of fused-ring (bicyclic) bond motifs is 3. The van der Waals surface area contributed by atoms with Crippen LogP contribution < -0.4 is 11.3 Å². The van der Waals surface area contributed by atoms with Gasteiger partial charge >= 0.3 is 0 Å². The number of nitrogens with zero attached hydrogens (tertiary/aromatic N) is 2. The van der Waals surface area contributed by atoms with E-state index >= 15 is 0 Å². The van der Waals surface area contributed by atoms with Gasteiger partial charge in [0.25, 0.3) is 0 Å². The summed E-state index contributed by atoms with van der Waals surface area (Å²) in [5.41, 5.74) is 5.38. The van der Waals surface area contributed by atoms with Crippen molar-refractivity contribution in [3.63, 3.8) is 0 Å². The van der Waals surface area contributed by atoms with Gasteiger partial charge in [-0.2, -0.15) is 0 Å². The third-order valence-corrected chi connectivity index (χ3v) is 5.66. The highest BCUT2D eigenvalue weighted by Crippen LogP contribution is 2.52. The van der Waals surface area contributed by atoms with Gasteiger partial charge in [0.15, 0.2) is 0 Å². The first-order chi connectivity index (χ1) is 9.85. The molecule has 4 heteroatoms. The van der Waals surface area contributed by atoms with E-state index in [1.165, 1.54) is 56.2 Å². The van der Waals surface area contributed by atoms with Crippen molar-refractivity contribution in [3.8, 4) is 0 Å². The molecular formula is C16H24N4. The summed E-state index contributed by atoms with van der Waals surface area (Å²) >= 11 is 0. The van der Waals surface area contributed by atoms with Crippen LogP contribution in [0.4, 0.5) is 5.82 Å². The normalized spacial score (nSPS) is 31.9. The van der Waals surface area contributed by atoms with Crippen LogP contribution in [0.2, 0.25) is 0 Å². The number of aromatic nitrogens is 2. The molecule has 20 heavy (non-hydrogen) atoms. The maximum atomic E-state index is 5.73. The Morgan fingerprint density at radius 1 is 1.00 bits per heavy atom. The molecule has 4 rings (SSSR count). The van der Waals surface area contributed by atoms with Crippen molar-refractivity contribution in [1.82, 2.24) is 9.97 Å². The van der Waals surface area contributed by atoms with Crippen LogP contribution in [-0.2, 0) is 12.8 Å². The highest BCUT2D eigenvalue weighted by molar-refractivity contribution is 5.46. The summed E-state index contributed by atoms with van der Waals surface area (Å²) in [5.74, 6) is 10.1. The first kappa shape index (κ1) is 12.6. The van der Waals surface area contributed by atoms with Gasteiger partial charge in [0, 0.05) is 17.2 Å². The molecule has 2 bridgehead atoms. The fourth-order valence-corrected chi connectivity index (χ4v) is 4.64. The molecule has 1 aromatic rings. The van der Waals surface area contributed by atoms with Crippen molar-refractivity contribution in [3.05, 3.63) is 17.1 Å². The third-order valence-electron chi connectivity index (χ3n) is 5.66. The number of rotatable bonds is 2. The zero-order valence-corrected chi connectivity index (χ0v) is 12.1. The number of hydrazine groups is 1. The number of aryl methyl sites for hydroxylation is 1. The molecule has 3 unspecified atom stereocenters. The van der Waals surface area contributed by atoms with E-state index in [-0.39, 0.29) is 0 Å². The summed E-state index contributed by atoms with van der Waals surface area (Å²) in [5, 5.41) is 0. The molecule has 108 valence electrons. The van der Waals surface area contributed by atoms with Gasteiger partial charge in [0.2, 0.25) is 0 Å². The predicted octanol–water partition coefficient (Wildman–Crippen LogP) is 2.93. The second kappa shape index (κ2) is 4.99. The average Bonchev–Trinajstić information content (AvgIpc) is 3.02. The van der Waals surface area contributed by atoms with Gasteiger partial charge in [-0.05, 0) is 56.8 Å². The molecule has 0 saturated heterocycles. The topological polar surface area (TPSA) is 63.8 Å². The molecule has 0 aromatic carbocycles. The van der Waals surface area contributed by atoms with Gasteiger partial charge in [-0.15, -0.1) is 0 Å². The third kappa shape index (κ3) is 2.01. The van der Waals surface area contributed by atoms with Gasteiger partial charge in [0.05, 0.1) is 0 Å². The summed E-state index contributed by atoms with van der Waals surface area (Å²) in [6.45, 7) is 0. The molecule has 2 fully saturated rings. The highest BCUT2D eigenvalue weighted by Gasteiger charge is 2.42. The van der Waals surface area contributed by atoms with E-state index in [4.69, 9.17) is 15.8 Å². The van der Waals surface area contributed by atoms with E-state index in [0.29, 0.717) is 5.92 Å². The molecule has 0 aliphatic heterocycles. The lowest BCUT2D eigenvalue weighted by Gasteiger charge is -2.22. The SMILES string of the molecule is NNc1nc(C2CC3CCC2C3)nc2c1CCCCC2. The number of anilines is 1. The fourth-order valence-electron chi connectivity index (χ4n) is 4.64. The molecule has 0 spiro atoms. The van der Waals surface area contributed by atoms with Gasteiger partial charge in [-0.1, -0.05) is 12.8 Å². The summed E-state index contributed by atoms with van der Waals surface area (Å²) in [6.07, 6.45) is 11.5. The predicted molar refractivity (Wildman–Crippen MR) is 79.3 cm³/mol. The molecule has 3 atom stereocenters. The Bertz CT molecular complexity index is 513. The Kier molecular flexibility index (Phi) is 3.14. The van der Waals surface area contributed by atoms with Crippen molar-refractivity contribution in [2.24, 2.45) is 17.7 Å². The molecule has 1 heterocycles. The number of nitrogen functional groups attached to an aromatic ring is 1. The van der Waals surface area contributed by atoms with Crippen LogP contribution in [0, 0.1) is 11.8 Å². The Morgan fingerprint density at radius 3 is 2.65 bits per heavy atom. The maximum absolute atomic E-state index is 5.73. The molecule has 3 N–H and O–H groups in total. The van der Waals surface area contributed by atoms with Crippen molar-refractivity contribution < 1.29 is 0 Å². The first-order valence-electron chi connectivity index (χ1n) is 8.21. The van der Waals surface area contributed by atoms with E-state index in [1.54, 1.807) is 0 Å². The van der Waals surface area contributed by atoms with Crippen molar-refractivity contribution in [2.45, 2.75) is 63.7 Å². The first-order valence-corrected chi connectivity index (χ1v) is 8.21. The Labute approximate surface area is 120 Å². The van der Waals surface area contributed by atoms with Gasteiger partial charge in [-0.3, -0.25) is 0 Å². The van der Waals surface area contributed by atoms with Crippen LogP contribution in [0.25, 0.3) is 0 Å². The zero-order valence-electron chi connectivity index (χ0n) is 12.1. The lowest BCUT2D eigenvalue weighted by molar-refractivity contribution is 0.404. The number of hydrogen-bond acceptors (Lipinski definition) is 4. The molecule has 0 radical (unpaired) electrons. The van der Waals surface area contributed by atoms with Crippen molar-refractivity contribution in [1.29, 1.82) is 0 Å². The smallest absolute Gasteiger partial charge is 0.147 e. The molecule has 3 aliphatic rings. The maximum Gasteiger partial charge on any atom is 0.147 e. The molecule has 2 saturated carbocycles. The lowest BCUT2D eigenvalue weighted by Crippen LogP contribution is -2.19. The van der Waals surface area contributed by atoms with Crippen LogP contribution in [-0.4, -0.2) is 9.97 Å². The van der Waals surface area contributed by atoms with Crippen LogP contribution in [0.3, 0.4) is 0 Å². The van der Waals surface area contributed by atoms with E-state index in [0.717, 1.165) is 36.3 Å². The van der Waals surface area contributed by atoms with E-state index in [9.17, 15) is 0 Å². The molecule has 0 amide bonds. The van der Waals surface area contributed by atoms with Crippen LogP contribution in [0.5, 0.6) is 0 Å². The van der Waals surface area contributed by atoms with Gasteiger partial charge in [0.1, 0.15) is 11.6 Å². The van der Waals surface area contributed by atoms with E-state index in [1.807, 2.05) is 0 Å². The van der Waals surface area contributed by atoms with Crippen LogP contribution >= 0.6 is 0 Å². The lowest BCUT2D eigenvalue weighted by atomic mass is 9.88. The second-order valence-electron chi connectivity index (χ2n) is 6.84. The van der Waals surface area contributed by atoms with Crippen LogP contribution in [0.15, 0.2) is 0 Å². The minimum atomic E-state index is 0.592. The molecule has 3 aliphatic carbocycles. The van der Waals surface area contributed by atoms with E-state index in [2.05, 4.69) is 5.43 Å². The Hall–Kier alpha value is -1.16. The largest absolute Gasteiger partial charge is 0.308 e.